The van der Waals surface area contributed by atoms with Crippen LogP contribution in [0.25, 0.3) is 0 Å². The van der Waals surface area contributed by atoms with E-state index in [1.165, 1.54) is 4.80 Å². The number of carbonyl (C=O) groups is 2. The van der Waals surface area contributed by atoms with Gasteiger partial charge in [-0.1, -0.05) is 18.2 Å². The van der Waals surface area contributed by atoms with Crippen LogP contribution in [-0.2, 0) is 22.7 Å². The number of ether oxygens (including phenoxy) is 1. The van der Waals surface area contributed by atoms with Crippen molar-refractivity contribution in [3.8, 4) is 5.75 Å². The van der Waals surface area contributed by atoms with Crippen LogP contribution >= 0.6 is 0 Å². The average Bonchev–Trinajstić information content (AvgIpc) is 3.23. The minimum atomic E-state index is -0.371. The maximum absolute atomic E-state index is 12.2. The number of benzene rings is 1. The van der Waals surface area contributed by atoms with Gasteiger partial charge in [0.25, 0.3) is 0 Å². The fraction of sp³-hybridized carbons (Fsp3) is 0.400. The van der Waals surface area contributed by atoms with Gasteiger partial charge in [-0.2, -0.15) is 4.80 Å². The van der Waals surface area contributed by atoms with Crippen molar-refractivity contribution in [3.63, 3.8) is 0 Å². The Morgan fingerprint density at radius 1 is 1.29 bits per heavy atom. The van der Waals surface area contributed by atoms with E-state index in [1.807, 2.05) is 30.3 Å². The lowest BCUT2D eigenvalue weighted by molar-refractivity contribution is -0.131. The number of carbonyl (C=O) groups excluding carboxylic acids is 2. The van der Waals surface area contributed by atoms with Crippen LogP contribution in [0.1, 0.15) is 12.2 Å². The Balaban J connectivity index is 1.51. The molecule has 9 nitrogen and oxygen atoms in total. The van der Waals surface area contributed by atoms with Crippen LogP contribution in [0, 0.1) is 5.92 Å². The predicted molar refractivity (Wildman–Crippen MR) is 82.5 cm³/mol. The highest BCUT2D eigenvalue weighted by Gasteiger charge is 2.29. The third-order valence-electron chi connectivity index (χ3n) is 3.83. The Morgan fingerprint density at radius 2 is 2.08 bits per heavy atom. The molecule has 1 saturated heterocycles. The van der Waals surface area contributed by atoms with Crippen LogP contribution in [0.15, 0.2) is 30.3 Å². The van der Waals surface area contributed by atoms with Crippen molar-refractivity contribution in [1.82, 2.24) is 25.1 Å². The van der Waals surface area contributed by atoms with Gasteiger partial charge in [0, 0.05) is 13.1 Å². The Hall–Kier alpha value is -2.97. The zero-order valence-corrected chi connectivity index (χ0v) is 13.0. The number of aromatic nitrogens is 4. The number of hydrogen-bond donors (Lipinski definition) is 1. The maximum atomic E-state index is 12.2. The van der Waals surface area contributed by atoms with Gasteiger partial charge in [0.2, 0.25) is 17.6 Å². The minimum absolute atomic E-state index is 0.0240. The van der Waals surface area contributed by atoms with E-state index in [0.717, 1.165) is 0 Å². The highest BCUT2D eigenvalue weighted by atomic mass is 16.5. The molecule has 2 heterocycles. The van der Waals surface area contributed by atoms with Gasteiger partial charge in [-0.25, -0.2) is 0 Å². The molecule has 1 fully saturated rings. The van der Waals surface area contributed by atoms with Crippen molar-refractivity contribution in [1.29, 1.82) is 0 Å². The molecular weight excluding hydrogens is 312 g/mol. The Morgan fingerprint density at radius 3 is 2.79 bits per heavy atom. The normalized spacial score (nSPS) is 17.0. The molecule has 2 amide bonds. The van der Waals surface area contributed by atoms with Gasteiger partial charge in [-0.05, 0) is 23.8 Å². The summed E-state index contributed by atoms with van der Waals surface area (Å²) in [6, 6.07) is 9.29. The first kappa shape index (κ1) is 15.9. The number of para-hydroxylation sites is 1. The van der Waals surface area contributed by atoms with Gasteiger partial charge in [0.15, 0.2) is 6.61 Å². The summed E-state index contributed by atoms with van der Waals surface area (Å²) in [5.74, 6) is 0.297. The Labute approximate surface area is 138 Å². The predicted octanol–water partition coefficient (Wildman–Crippen LogP) is -0.414. The van der Waals surface area contributed by atoms with E-state index in [0.29, 0.717) is 31.1 Å². The van der Waals surface area contributed by atoms with Crippen molar-refractivity contribution in [2.75, 3.05) is 13.1 Å². The second-order valence-electron chi connectivity index (χ2n) is 5.57. The fourth-order valence-electron chi connectivity index (χ4n) is 2.51. The van der Waals surface area contributed by atoms with Crippen LogP contribution < -0.4 is 10.5 Å². The molecule has 0 radical (unpaired) electrons. The minimum Gasteiger partial charge on any atom is -0.485 e. The van der Waals surface area contributed by atoms with Crippen molar-refractivity contribution in [2.45, 2.75) is 19.6 Å². The molecule has 9 heteroatoms. The highest BCUT2D eigenvalue weighted by molar-refractivity contribution is 5.80. The zero-order valence-electron chi connectivity index (χ0n) is 13.0. The standard InChI is InChI=1S/C15H18N6O3/c16-15(23)11-6-7-20(8-11)14(22)9-21-18-13(17-19-21)10-24-12-4-2-1-3-5-12/h1-5,11H,6-10H2,(H2,16,23)/t11-/m0/s1. The number of rotatable bonds is 6. The topological polar surface area (TPSA) is 116 Å². The molecule has 1 aromatic heterocycles. The molecule has 1 aliphatic heterocycles. The first-order chi connectivity index (χ1) is 11.6. The Kier molecular flexibility index (Phi) is 4.69. The number of nitrogens with two attached hydrogens (primary N) is 1. The summed E-state index contributed by atoms with van der Waals surface area (Å²) in [5, 5.41) is 11.8. The fourth-order valence-corrected chi connectivity index (χ4v) is 2.51. The lowest BCUT2D eigenvalue weighted by Gasteiger charge is -2.14. The van der Waals surface area contributed by atoms with Crippen LogP contribution in [0.5, 0.6) is 5.75 Å². The molecule has 0 spiro atoms. The van der Waals surface area contributed by atoms with Gasteiger partial charge in [0.1, 0.15) is 12.3 Å². The van der Waals surface area contributed by atoms with Gasteiger partial charge in [-0.15, -0.1) is 10.2 Å². The summed E-state index contributed by atoms with van der Waals surface area (Å²) in [6.45, 7) is 1.02. The largest absolute Gasteiger partial charge is 0.485 e. The number of tetrazole rings is 1. The maximum Gasteiger partial charge on any atom is 0.246 e. The molecule has 3 rings (SSSR count). The van der Waals surface area contributed by atoms with E-state index < -0.39 is 0 Å². The van der Waals surface area contributed by atoms with Crippen molar-refractivity contribution < 1.29 is 14.3 Å². The van der Waals surface area contributed by atoms with Gasteiger partial charge >= 0.3 is 0 Å². The van der Waals surface area contributed by atoms with Gasteiger partial charge in [0.05, 0.1) is 5.92 Å². The van der Waals surface area contributed by atoms with Gasteiger partial charge < -0.3 is 15.4 Å². The molecule has 1 aromatic carbocycles. The first-order valence-electron chi connectivity index (χ1n) is 7.63. The Bertz CT molecular complexity index is 717. The van der Waals surface area contributed by atoms with E-state index in [2.05, 4.69) is 15.4 Å². The molecule has 1 atom stereocenters. The van der Waals surface area contributed by atoms with E-state index in [9.17, 15) is 9.59 Å². The molecule has 0 aliphatic carbocycles. The second-order valence-corrected chi connectivity index (χ2v) is 5.57. The number of hydrogen-bond acceptors (Lipinski definition) is 6. The zero-order chi connectivity index (χ0) is 16.9. The molecule has 0 saturated carbocycles. The van der Waals surface area contributed by atoms with E-state index in [-0.39, 0.29) is 30.9 Å². The second kappa shape index (κ2) is 7.07. The lowest BCUT2D eigenvalue weighted by atomic mass is 10.1. The third-order valence-corrected chi connectivity index (χ3v) is 3.83. The summed E-state index contributed by atoms with van der Waals surface area (Å²) in [5.41, 5.74) is 5.27. The number of primary amides is 1. The molecule has 126 valence electrons. The summed E-state index contributed by atoms with van der Waals surface area (Å²) in [4.78, 5) is 26.2. The number of likely N-dealkylation sites (tertiary alicyclic amines) is 1. The SMILES string of the molecule is NC(=O)[C@H]1CCN(C(=O)Cn2nnc(COc3ccccc3)n2)C1. The monoisotopic (exact) mass is 330 g/mol. The smallest absolute Gasteiger partial charge is 0.246 e. The number of nitrogens with zero attached hydrogens (tertiary/aromatic N) is 5. The van der Waals surface area contributed by atoms with Crippen LogP contribution in [0.4, 0.5) is 0 Å². The van der Waals surface area contributed by atoms with E-state index >= 15 is 0 Å². The highest BCUT2D eigenvalue weighted by Crippen LogP contribution is 2.16. The van der Waals surface area contributed by atoms with Crippen LogP contribution in [0.2, 0.25) is 0 Å². The summed E-state index contributed by atoms with van der Waals surface area (Å²) >= 11 is 0. The van der Waals surface area contributed by atoms with Crippen LogP contribution in [0.3, 0.4) is 0 Å². The first-order valence-corrected chi connectivity index (χ1v) is 7.63. The lowest BCUT2D eigenvalue weighted by Crippen LogP contribution is -2.34. The van der Waals surface area contributed by atoms with Crippen molar-refractivity contribution in [3.05, 3.63) is 36.2 Å². The molecule has 0 unspecified atom stereocenters. The molecule has 2 N–H and O–H groups in total. The summed E-state index contributed by atoms with van der Waals surface area (Å²) in [6.07, 6.45) is 0.599. The van der Waals surface area contributed by atoms with Crippen molar-refractivity contribution >= 4 is 11.8 Å². The molecule has 24 heavy (non-hydrogen) atoms. The summed E-state index contributed by atoms with van der Waals surface area (Å²) < 4.78 is 5.53. The van der Waals surface area contributed by atoms with E-state index in [1.54, 1.807) is 4.90 Å². The van der Waals surface area contributed by atoms with Crippen LogP contribution in [-0.4, -0.2) is 50.0 Å². The molecular formula is C15H18N6O3. The molecule has 0 bridgehead atoms. The molecule has 2 aromatic rings. The number of amides is 2. The molecule has 1 aliphatic rings. The summed E-state index contributed by atoms with van der Waals surface area (Å²) in [7, 11) is 0. The average molecular weight is 330 g/mol. The quantitative estimate of drug-likeness (QED) is 0.769. The van der Waals surface area contributed by atoms with E-state index in [4.69, 9.17) is 10.5 Å². The van der Waals surface area contributed by atoms with Crippen molar-refractivity contribution in [2.24, 2.45) is 11.7 Å². The third kappa shape index (κ3) is 3.86. The van der Waals surface area contributed by atoms with Gasteiger partial charge in [-0.3, -0.25) is 9.59 Å².